The molecular formula is C20H27N3O4S. The molecule has 152 valence electrons. The van der Waals surface area contributed by atoms with Crippen LogP contribution in [0.3, 0.4) is 0 Å². The Labute approximate surface area is 169 Å². The number of thiophene rings is 1. The molecule has 2 fully saturated rings. The van der Waals surface area contributed by atoms with Crippen molar-refractivity contribution in [2.45, 2.75) is 38.3 Å². The molecule has 1 N–H and O–H groups in total. The van der Waals surface area contributed by atoms with Crippen molar-refractivity contribution in [1.82, 2.24) is 9.80 Å². The van der Waals surface area contributed by atoms with E-state index in [-0.39, 0.29) is 24.2 Å². The first-order valence-corrected chi connectivity index (χ1v) is 10.3. The Hall–Kier alpha value is -2.19. The molecule has 3 heterocycles. The summed E-state index contributed by atoms with van der Waals surface area (Å²) in [6.07, 6.45) is 3.40. The summed E-state index contributed by atoms with van der Waals surface area (Å²) in [7, 11) is 1.38. The van der Waals surface area contributed by atoms with E-state index in [1.807, 2.05) is 17.0 Å². The maximum Gasteiger partial charge on any atom is 0.311 e. The Balaban J connectivity index is 1.69. The lowest BCUT2D eigenvalue weighted by atomic mass is 9.76. The van der Waals surface area contributed by atoms with E-state index in [1.165, 1.54) is 18.9 Å². The normalized spacial score (nSPS) is 21.7. The lowest BCUT2D eigenvalue weighted by Crippen LogP contribution is -2.57. The highest BCUT2D eigenvalue weighted by molar-refractivity contribution is 7.16. The first-order chi connectivity index (χ1) is 13.4. The van der Waals surface area contributed by atoms with Gasteiger partial charge in [-0.1, -0.05) is 6.08 Å². The molecule has 1 atom stereocenters. The second-order valence-corrected chi connectivity index (χ2v) is 8.57. The summed E-state index contributed by atoms with van der Waals surface area (Å²) >= 11 is 1.57. The van der Waals surface area contributed by atoms with E-state index in [2.05, 4.69) is 16.8 Å². The van der Waals surface area contributed by atoms with E-state index < -0.39 is 11.5 Å². The van der Waals surface area contributed by atoms with Crippen LogP contribution in [0.4, 0.5) is 5.00 Å². The first kappa shape index (κ1) is 20.5. The molecule has 0 aromatic carbocycles. The van der Waals surface area contributed by atoms with Crippen LogP contribution in [0, 0.1) is 5.92 Å². The smallest absolute Gasteiger partial charge is 0.311 e. The summed E-state index contributed by atoms with van der Waals surface area (Å²) in [6, 6.07) is 3.95. The van der Waals surface area contributed by atoms with E-state index in [0.717, 1.165) is 37.5 Å². The van der Waals surface area contributed by atoms with Crippen LogP contribution in [0.1, 0.15) is 31.1 Å². The predicted molar refractivity (Wildman–Crippen MR) is 108 cm³/mol. The van der Waals surface area contributed by atoms with Gasteiger partial charge in [-0.05, 0) is 25.0 Å². The first-order valence-electron chi connectivity index (χ1n) is 9.47. The minimum Gasteiger partial charge on any atom is -0.469 e. The van der Waals surface area contributed by atoms with Gasteiger partial charge < -0.3 is 15.0 Å². The number of hydrogen-bond donors (Lipinski definition) is 1. The van der Waals surface area contributed by atoms with Crippen LogP contribution in [-0.2, 0) is 25.7 Å². The highest BCUT2D eigenvalue weighted by atomic mass is 32.1. The molecule has 0 radical (unpaired) electrons. The summed E-state index contributed by atoms with van der Waals surface area (Å²) in [5.41, 5.74) is -0.480. The van der Waals surface area contributed by atoms with Gasteiger partial charge in [-0.25, -0.2) is 0 Å². The van der Waals surface area contributed by atoms with Gasteiger partial charge in [-0.2, -0.15) is 0 Å². The third-order valence-electron chi connectivity index (χ3n) is 5.73. The zero-order valence-corrected chi connectivity index (χ0v) is 17.2. The number of carbonyl (C=O) groups is 3. The number of nitrogens with zero attached hydrogens (tertiary/aromatic N) is 2. The summed E-state index contributed by atoms with van der Waals surface area (Å²) < 4.78 is 5.00. The third kappa shape index (κ3) is 3.98. The maximum atomic E-state index is 12.6. The largest absolute Gasteiger partial charge is 0.469 e. The standard InChI is InChI=1S/C20H27N3O4S/c1-4-9-23-18(25)12-16(19(26)27-3)20(23)7-10-22(11-8-20)13-15-5-6-17(28-15)21-14(2)24/h4-6,16H,1,7-13H2,2-3H3,(H,21,24). The number of ether oxygens (including phenoxy) is 1. The molecule has 2 aliphatic heterocycles. The number of esters is 1. The van der Waals surface area contributed by atoms with Gasteiger partial charge in [0, 0.05) is 44.4 Å². The van der Waals surface area contributed by atoms with Crippen molar-refractivity contribution in [2.75, 3.05) is 32.1 Å². The predicted octanol–water partition coefficient (Wildman–Crippen LogP) is 2.25. The second-order valence-electron chi connectivity index (χ2n) is 7.40. The molecule has 2 aliphatic rings. The molecule has 2 amide bonds. The van der Waals surface area contributed by atoms with Crippen molar-refractivity contribution in [3.63, 3.8) is 0 Å². The Kier molecular flexibility index (Phi) is 6.20. The Morgan fingerprint density at radius 2 is 2.11 bits per heavy atom. The number of likely N-dealkylation sites (tertiary alicyclic amines) is 2. The van der Waals surface area contributed by atoms with Crippen molar-refractivity contribution in [3.05, 3.63) is 29.7 Å². The van der Waals surface area contributed by atoms with Crippen LogP contribution < -0.4 is 5.32 Å². The van der Waals surface area contributed by atoms with Gasteiger partial charge in [-0.3, -0.25) is 19.3 Å². The van der Waals surface area contributed by atoms with Crippen molar-refractivity contribution in [3.8, 4) is 0 Å². The van der Waals surface area contributed by atoms with E-state index in [1.54, 1.807) is 17.4 Å². The summed E-state index contributed by atoms with van der Waals surface area (Å²) in [5.74, 6) is -0.788. The topological polar surface area (TPSA) is 79.0 Å². The number of carbonyl (C=O) groups excluding carboxylic acids is 3. The fourth-order valence-electron chi connectivity index (χ4n) is 4.41. The molecule has 0 saturated carbocycles. The molecule has 1 unspecified atom stereocenters. The number of hydrogen-bond acceptors (Lipinski definition) is 6. The highest BCUT2D eigenvalue weighted by Crippen LogP contribution is 2.44. The molecule has 3 rings (SSSR count). The summed E-state index contributed by atoms with van der Waals surface area (Å²) in [4.78, 5) is 41.5. The highest BCUT2D eigenvalue weighted by Gasteiger charge is 2.56. The quantitative estimate of drug-likeness (QED) is 0.580. The Bertz CT molecular complexity index is 767. The van der Waals surface area contributed by atoms with Gasteiger partial charge in [0.2, 0.25) is 11.8 Å². The van der Waals surface area contributed by atoms with Crippen molar-refractivity contribution >= 4 is 34.1 Å². The molecule has 28 heavy (non-hydrogen) atoms. The monoisotopic (exact) mass is 405 g/mol. The van der Waals surface area contributed by atoms with E-state index in [4.69, 9.17) is 4.74 Å². The van der Waals surface area contributed by atoms with E-state index in [9.17, 15) is 14.4 Å². The second kappa shape index (κ2) is 8.45. The lowest BCUT2D eigenvalue weighted by molar-refractivity contribution is -0.150. The van der Waals surface area contributed by atoms with Crippen LogP contribution in [-0.4, -0.2) is 59.9 Å². The molecule has 0 aliphatic carbocycles. The van der Waals surface area contributed by atoms with E-state index in [0.29, 0.717) is 6.54 Å². The molecule has 2 saturated heterocycles. The zero-order valence-electron chi connectivity index (χ0n) is 16.4. The average Bonchev–Trinajstić information content (AvgIpc) is 3.20. The average molecular weight is 406 g/mol. The molecule has 1 spiro atoms. The minimum atomic E-state index is -0.480. The van der Waals surface area contributed by atoms with Gasteiger partial charge in [0.1, 0.15) is 0 Å². The maximum absolute atomic E-state index is 12.6. The number of anilines is 1. The fourth-order valence-corrected chi connectivity index (χ4v) is 5.41. The number of piperidine rings is 1. The van der Waals surface area contributed by atoms with Crippen molar-refractivity contribution in [2.24, 2.45) is 5.92 Å². The number of methoxy groups -OCH3 is 1. The third-order valence-corrected chi connectivity index (χ3v) is 6.71. The van der Waals surface area contributed by atoms with Gasteiger partial charge in [0.25, 0.3) is 0 Å². The summed E-state index contributed by atoms with van der Waals surface area (Å²) in [6.45, 7) is 8.10. The zero-order chi connectivity index (χ0) is 20.3. The van der Waals surface area contributed by atoms with Crippen LogP contribution in [0.2, 0.25) is 0 Å². The molecule has 0 bridgehead atoms. The van der Waals surface area contributed by atoms with Crippen LogP contribution in [0.5, 0.6) is 0 Å². The number of amides is 2. The molecule has 7 nitrogen and oxygen atoms in total. The van der Waals surface area contributed by atoms with Gasteiger partial charge in [0.15, 0.2) is 0 Å². The molecule has 1 aromatic rings. The van der Waals surface area contributed by atoms with Gasteiger partial charge >= 0.3 is 5.97 Å². The van der Waals surface area contributed by atoms with Gasteiger partial charge in [-0.15, -0.1) is 17.9 Å². The fraction of sp³-hybridized carbons (Fsp3) is 0.550. The van der Waals surface area contributed by atoms with Crippen molar-refractivity contribution in [1.29, 1.82) is 0 Å². The number of nitrogens with one attached hydrogen (secondary N) is 1. The van der Waals surface area contributed by atoms with Crippen LogP contribution >= 0.6 is 11.3 Å². The number of rotatable bonds is 6. The minimum absolute atomic E-state index is 0.00181. The van der Waals surface area contributed by atoms with Crippen LogP contribution in [0.15, 0.2) is 24.8 Å². The van der Waals surface area contributed by atoms with E-state index >= 15 is 0 Å². The molecule has 1 aromatic heterocycles. The van der Waals surface area contributed by atoms with Crippen molar-refractivity contribution < 1.29 is 19.1 Å². The molecular weight excluding hydrogens is 378 g/mol. The molecule has 8 heteroatoms. The SMILES string of the molecule is C=CCN1C(=O)CC(C(=O)OC)C12CCN(Cc1ccc(NC(C)=O)s1)CC2. The Morgan fingerprint density at radius 3 is 2.71 bits per heavy atom. The Morgan fingerprint density at radius 1 is 1.39 bits per heavy atom. The lowest BCUT2D eigenvalue weighted by Gasteiger charge is -2.46. The summed E-state index contributed by atoms with van der Waals surface area (Å²) in [5, 5.41) is 3.66. The van der Waals surface area contributed by atoms with Gasteiger partial charge in [0.05, 0.1) is 23.6 Å². The van der Waals surface area contributed by atoms with Crippen LogP contribution in [0.25, 0.3) is 0 Å².